The van der Waals surface area contributed by atoms with Crippen molar-refractivity contribution in [3.8, 4) is 0 Å². The van der Waals surface area contributed by atoms with Gasteiger partial charge >= 0.3 is 5.97 Å². The largest absolute Gasteiger partial charge is 0.480 e. The number of carboxylic acids is 1. The fourth-order valence-corrected chi connectivity index (χ4v) is 3.75. The zero-order chi connectivity index (χ0) is 18.1. The number of nitro groups is 1. The third-order valence-corrected chi connectivity index (χ3v) is 4.95. The minimum Gasteiger partial charge on any atom is -0.480 e. The quantitative estimate of drug-likeness (QED) is 0.380. The van der Waals surface area contributed by atoms with E-state index in [1.165, 1.54) is 6.08 Å². The smallest absolute Gasteiger partial charge is 0.323 e. The van der Waals surface area contributed by atoms with Crippen LogP contribution in [0.5, 0.6) is 0 Å². The minimum absolute atomic E-state index is 0.110. The second kappa shape index (κ2) is 6.61. The van der Waals surface area contributed by atoms with Gasteiger partial charge in [0.2, 0.25) is 0 Å². The number of rotatable bonds is 4. The second-order valence-electron chi connectivity index (χ2n) is 5.14. The number of nitro benzene ring substituents is 1. The molecular weight excluding hydrogens is 364 g/mol. The van der Waals surface area contributed by atoms with E-state index in [0.717, 1.165) is 16.7 Å². The molecule has 0 aromatic heterocycles. The van der Waals surface area contributed by atoms with Crippen LogP contribution in [0.3, 0.4) is 0 Å². The van der Waals surface area contributed by atoms with Crippen LogP contribution in [0, 0.1) is 10.1 Å². The maximum Gasteiger partial charge on any atom is 0.323 e. The van der Waals surface area contributed by atoms with Gasteiger partial charge in [-0.2, -0.15) is 0 Å². The van der Waals surface area contributed by atoms with Gasteiger partial charge in [-0.15, -0.1) is 0 Å². The Labute approximate surface area is 151 Å². The van der Waals surface area contributed by atoms with Gasteiger partial charge in [-0.3, -0.25) is 24.6 Å². The van der Waals surface area contributed by atoms with Crippen molar-refractivity contribution in [3.05, 3.63) is 57.0 Å². The fraction of sp³-hybridized carbons (Fsp3) is 0.0625. The number of benzene rings is 2. The van der Waals surface area contributed by atoms with Crippen LogP contribution in [0.1, 0.15) is 5.56 Å². The highest BCUT2D eigenvalue weighted by Gasteiger charge is 2.34. The summed E-state index contributed by atoms with van der Waals surface area (Å²) >= 11 is 5.95. The molecule has 3 rings (SSSR count). The second-order valence-corrected chi connectivity index (χ2v) is 6.82. The van der Waals surface area contributed by atoms with Gasteiger partial charge in [0.05, 0.1) is 20.8 Å². The molecule has 0 unspecified atom stereocenters. The molecule has 2 aromatic carbocycles. The molecule has 1 aliphatic heterocycles. The molecule has 0 aliphatic carbocycles. The van der Waals surface area contributed by atoms with Gasteiger partial charge in [0, 0.05) is 0 Å². The van der Waals surface area contributed by atoms with E-state index < -0.39 is 23.3 Å². The number of amides is 1. The molecule has 2 aromatic rings. The van der Waals surface area contributed by atoms with Gasteiger partial charge in [-0.1, -0.05) is 48.2 Å². The lowest BCUT2D eigenvalue weighted by Gasteiger charge is -2.10. The Hall–Kier alpha value is -2.78. The summed E-state index contributed by atoms with van der Waals surface area (Å²) in [6.07, 6.45) is 1.38. The molecule has 126 valence electrons. The van der Waals surface area contributed by atoms with E-state index in [1.54, 1.807) is 36.4 Å². The summed E-state index contributed by atoms with van der Waals surface area (Å²) in [4.78, 5) is 35.3. The van der Waals surface area contributed by atoms with E-state index in [1.807, 2.05) is 0 Å². The minimum atomic E-state index is -1.19. The third-order valence-electron chi connectivity index (χ3n) is 3.57. The molecule has 0 radical (unpaired) electrons. The van der Waals surface area contributed by atoms with Crippen molar-refractivity contribution in [2.24, 2.45) is 0 Å². The van der Waals surface area contributed by atoms with Gasteiger partial charge in [0.25, 0.3) is 11.6 Å². The summed E-state index contributed by atoms with van der Waals surface area (Å²) in [5, 5.41) is 21.6. The summed E-state index contributed by atoms with van der Waals surface area (Å²) in [5.74, 6) is -1.76. The van der Waals surface area contributed by atoms with Crippen LogP contribution < -0.4 is 0 Å². The molecule has 1 heterocycles. The van der Waals surface area contributed by atoms with Crippen LogP contribution in [0.2, 0.25) is 0 Å². The number of thiocarbonyl (C=S) groups is 1. The standard InChI is InChI=1S/C16H10N2O5S2/c19-13(20)8-17-15(21)12(25-16(17)24)7-10-6-5-9-3-1-2-4-11(9)14(10)18(22)23/h1-7H,8H2,(H,19,20)/b12-7+. The van der Waals surface area contributed by atoms with Gasteiger partial charge < -0.3 is 5.11 Å². The molecule has 1 aliphatic rings. The first-order chi connectivity index (χ1) is 11.9. The van der Waals surface area contributed by atoms with Crippen LogP contribution in [-0.2, 0) is 9.59 Å². The number of nitrogens with zero attached hydrogens (tertiary/aromatic N) is 2. The Morgan fingerprint density at radius 2 is 2.04 bits per heavy atom. The molecule has 0 saturated carbocycles. The van der Waals surface area contributed by atoms with E-state index >= 15 is 0 Å². The summed E-state index contributed by atoms with van der Waals surface area (Å²) < 4.78 is 0.113. The van der Waals surface area contributed by atoms with Crippen molar-refractivity contribution < 1.29 is 19.6 Å². The normalized spacial score (nSPS) is 16.0. The van der Waals surface area contributed by atoms with Crippen LogP contribution in [0.25, 0.3) is 16.8 Å². The molecular formula is C16H10N2O5S2. The Bertz CT molecular complexity index is 970. The van der Waals surface area contributed by atoms with Crippen molar-refractivity contribution in [1.29, 1.82) is 0 Å². The highest BCUT2D eigenvalue weighted by Crippen LogP contribution is 2.36. The zero-order valence-corrected chi connectivity index (χ0v) is 14.2. The third kappa shape index (κ3) is 3.24. The summed E-state index contributed by atoms with van der Waals surface area (Å²) in [6, 6.07) is 10.2. The first-order valence-electron chi connectivity index (χ1n) is 7.02. The summed E-state index contributed by atoms with van der Waals surface area (Å²) in [5.41, 5.74) is 0.154. The number of hydrogen-bond donors (Lipinski definition) is 1. The SMILES string of the molecule is O=C(O)CN1C(=O)/C(=C\c2ccc3ccccc3c2[N+](=O)[O-])SC1=S. The first kappa shape index (κ1) is 17.1. The molecule has 1 saturated heterocycles. The van der Waals surface area contributed by atoms with E-state index in [2.05, 4.69) is 0 Å². The monoisotopic (exact) mass is 374 g/mol. The number of carbonyl (C=O) groups excluding carboxylic acids is 1. The van der Waals surface area contributed by atoms with E-state index in [4.69, 9.17) is 17.3 Å². The summed E-state index contributed by atoms with van der Waals surface area (Å²) in [6.45, 7) is -0.540. The molecule has 1 amide bonds. The number of carbonyl (C=O) groups is 2. The van der Waals surface area contributed by atoms with Gasteiger partial charge in [-0.05, 0) is 23.6 Å². The van der Waals surface area contributed by atoms with E-state index in [9.17, 15) is 19.7 Å². The van der Waals surface area contributed by atoms with Gasteiger partial charge in [0.15, 0.2) is 0 Å². The predicted octanol–water partition coefficient (Wildman–Crippen LogP) is 3.03. The lowest BCUT2D eigenvalue weighted by molar-refractivity contribution is -0.383. The number of carboxylic acid groups (broad SMARTS) is 1. The molecule has 7 nitrogen and oxygen atoms in total. The molecule has 9 heteroatoms. The Balaban J connectivity index is 2.09. The molecule has 1 N–H and O–H groups in total. The molecule has 0 bridgehead atoms. The van der Waals surface area contributed by atoms with Crippen molar-refractivity contribution in [2.75, 3.05) is 6.54 Å². The lowest BCUT2D eigenvalue weighted by atomic mass is 10.0. The fourth-order valence-electron chi connectivity index (χ4n) is 2.51. The molecule has 1 fully saturated rings. The molecule has 0 atom stereocenters. The average Bonchev–Trinajstić information content (AvgIpc) is 2.81. The Morgan fingerprint density at radius 3 is 2.72 bits per heavy atom. The number of aliphatic carboxylic acids is 1. The predicted molar refractivity (Wildman–Crippen MR) is 98.1 cm³/mol. The average molecular weight is 374 g/mol. The topological polar surface area (TPSA) is 101 Å². The van der Waals surface area contributed by atoms with Crippen molar-refractivity contribution in [2.45, 2.75) is 0 Å². The number of thioether (sulfide) groups is 1. The van der Waals surface area contributed by atoms with E-state index in [-0.39, 0.29) is 20.5 Å². The van der Waals surface area contributed by atoms with E-state index in [0.29, 0.717) is 10.8 Å². The van der Waals surface area contributed by atoms with Crippen molar-refractivity contribution >= 4 is 62.7 Å². The maximum absolute atomic E-state index is 12.3. The van der Waals surface area contributed by atoms with Crippen LogP contribution in [-0.4, -0.2) is 37.7 Å². The van der Waals surface area contributed by atoms with Gasteiger partial charge in [-0.25, -0.2) is 0 Å². The van der Waals surface area contributed by atoms with Crippen molar-refractivity contribution in [1.82, 2.24) is 4.90 Å². The maximum atomic E-state index is 12.3. The number of hydrogen-bond acceptors (Lipinski definition) is 6. The molecule has 25 heavy (non-hydrogen) atoms. The van der Waals surface area contributed by atoms with Crippen LogP contribution in [0.15, 0.2) is 41.3 Å². The first-order valence-corrected chi connectivity index (χ1v) is 8.24. The van der Waals surface area contributed by atoms with Crippen LogP contribution >= 0.6 is 24.0 Å². The lowest BCUT2D eigenvalue weighted by Crippen LogP contribution is -2.33. The molecule has 0 spiro atoms. The Morgan fingerprint density at radius 1 is 1.32 bits per heavy atom. The highest BCUT2D eigenvalue weighted by molar-refractivity contribution is 8.26. The zero-order valence-electron chi connectivity index (χ0n) is 12.5. The van der Waals surface area contributed by atoms with Gasteiger partial charge in [0.1, 0.15) is 10.9 Å². The van der Waals surface area contributed by atoms with Crippen LogP contribution in [0.4, 0.5) is 5.69 Å². The Kier molecular flexibility index (Phi) is 4.51. The van der Waals surface area contributed by atoms with Crippen molar-refractivity contribution in [3.63, 3.8) is 0 Å². The highest BCUT2D eigenvalue weighted by atomic mass is 32.2. The summed E-state index contributed by atoms with van der Waals surface area (Å²) in [7, 11) is 0. The number of fused-ring (bicyclic) bond motifs is 1.